The molecule has 0 bridgehead atoms. The molecule has 0 saturated carbocycles. The van der Waals surface area contributed by atoms with E-state index >= 15 is 0 Å². The lowest BCUT2D eigenvalue weighted by Gasteiger charge is -2.46. The zero-order valence-corrected chi connectivity index (χ0v) is 48.6. The first-order chi connectivity index (χ1) is 37.6. The highest BCUT2D eigenvalue weighted by atomic mass is 16.4. The van der Waals surface area contributed by atoms with Crippen molar-refractivity contribution in [3.05, 3.63) is 216 Å². The van der Waals surface area contributed by atoms with E-state index in [2.05, 4.69) is 293 Å². The highest BCUT2D eigenvalue weighted by Crippen LogP contribution is 2.55. The fourth-order valence-electron chi connectivity index (χ4n) is 13.3. The lowest BCUT2D eigenvalue weighted by Crippen LogP contribution is -2.61. The van der Waals surface area contributed by atoms with Gasteiger partial charge in [0.2, 0.25) is 5.88 Å². The maximum absolute atomic E-state index is 7.47. The predicted octanol–water partition coefficient (Wildman–Crippen LogP) is 19.7. The van der Waals surface area contributed by atoms with E-state index < -0.39 is 0 Å². The Bertz CT molecular complexity index is 3970. The van der Waals surface area contributed by atoms with Gasteiger partial charge in [-0.25, -0.2) is 0 Å². The molecule has 394 valence electrons. The van der Waals surface area contributed by atoms with Crippen LogP contribution in [0.4, 0.5) is 45.7 Å². The van der Waals surface area contributed by atoms with Gasteiger partial charge in [0, 0.05) is 56.1 Å². The van der Waals surface area contributed by atoms with E-state index in [-0.39, 0.29) is 33.9 Å². The first-order valence-electron chi connectivity index (χ1n) is 28.7. The van der Waals surface area contributed by atoms with Crippen LogP contribution in [-0.4, -0.2) is 6.85 Å². The van der Waals surface area contributed by atoms with Gasteiger partial charge in [0.05, 0.1) is 5.69 Å². The molecule has 0 N–H and O–H groups in total. The highest BCUT2D eigenvalue weighted by molar-refractivity contribution is 6.95. The van der Waals surface area contributed by atoms with Gasteiger partial charge in [0.25, 0.3) is 0 Å². The molecule has 0 unspecified atom stereocenters. The molecule has 5 heteroatoms. The van der Waals surface area contributed by atoms with E-state index in [1.54, 1.807) is 0 Å². The molecule has 1 aromatic heterocycles. The van der Waals surface area contributed by atoms with Gasteiger partial charge in [-0.1, -0.05) is 205 Å². The number of fused-ring (bicyclic) bond motifs is 9. The lowest BCUT2D eigenvalue weighted by atomic mass is 9.43. The van der Waals surface area contributed by atoms with Gasteiger partial charge in [0.15, 0.2) is 0 Å². The minimum absolute atomic E-state index is 0.0141. The molecule has 0 saturated heterocycles. The fourth-order valence-corrected chi connectivity index (χ4v) is 13.3. The summed E-state index contributed by atoms with van der Waals surface area (Å²) in [4.78, 5) is 7.65. The monoisotopic (exact) mass is 1030 g/mol. The average Bonchev–Trinajstić information content (AvgIpc) is 3.86. The average molecular weight is 1030 g/mol. The largest absolute Gasteiger partial charge is 0.440 e. The number of hydrogen-bond donors (Lipinski definition) is 0. The van der Waals surface area contributed by atoms with Crippen LogP contribution in [0.2, 0.25) is 0 Å². The predicted molar refractivity (Wildman–Crippen MR) is 339 cm³/mol. The summed E-state index contributed by atoms with van der Waals surface area (Å²) in [5.41, 5.74) is 22.8. The van der Waals surface area contributed by atoms with Crippen molar-refractivity contribution in [1.82, 2.24) is 0 Å². The second-order valence-electron chi connectivity index (χ2n) is 27.3. The Hall–Kier alpha value is -7.76. The van der Waals surface area contributed by atoms with Crippen LogP contribution in [-0.2, 0) is 27.1 Å². The van der Waals surface area contributed by atoms with Crippen LogP contribution < -0.4 is 25.5 Å². The standard InChI is InChI=1S/C74H74BN3O/c1-70(2,3)49-27-32-52(33-28-49)76(53-34-29-50(30-35-53)71(4,5)6)54-36-38-57-63(46-54)78(55-37-39-60-61(45-55)74(12,13)42-41-73(60,10)11)75-67-58-25-19-20-26-65(58)79-69(67)77(64-43-48-23-17-18-24-56(48)66(57)68(64)75)62-40-31-51(72(7,8)9)44-59(62)47-21-15-14-16-22-47/h14-40,43-46H,41-42H2,1-13H3. The number of nitrogens with zero attached hydrogens (tertiary/aromatic N) is 3. The van der Waals surface area contributed by atoms with Gasteiger partial charge in [-0.3, -0.25) is 4.90 Å². The van der Waals surface area contributed by atoms with Crippen LogP contribution in [0.25, 0.3) is 44.0 Å². The van der Waals surface area contributed by atoms with E-state index in [0.29, 0.717) is 0 Å². The molecule has 10 aromatic rings. The quantitative estimate of drug-likeness (QED) is 0.155. The van der Waals surface area contributed by atoms with Gasteiger partial charge in [0.1, 0.15) is 5.58 Å². The molecule has 9 aromatic carbocycles. The zero-order valence-electron chi connectivity index (χ0n) is 48.6. The molecule has 4 nitrogen and oxygen atoms in total. The molecule has 13 rings (SSSR count). The number of para-hydroxylation sites is 1. The third-order valence-electron chi connectivity index (χ3n) is 18.0. The second kappa shape index (κ2) is 17.9. The maximum atomic E-state index is 7.47. The van der Waals surface area contributed by atoms with Crippen LogP contribution >= 0.6 is 0 Å². The van der Waals surface area contributed by atoms with Crippen LogP contribution in [0, 0.1) is 0 Å². The molecular weight excluding hydrogens is 958 g/mol. The first-order valence-corrected chi connectivity index (χ1v) is 28.7. The van der Waals surface area contributed by atoms with Crippen LogP contribution in [0.3, 0.4) is 0 Å². The van der Waals surface area contributed by atoms with Crippen molar-refractivity contribution < 1.29 is 4.42 Å². The molecule has 3 heterocycles. The summed E-state index contributed by atoms with van der Waals surface area (Å²) in [7, 11) is 0. The molecular formula is C74H74BN3O. The third-order valence-corrected chi connectivity index (χ3v) is 18.0. The Morgan fingerprint density at radius 3 is 1.67 bits per heavy atom. The number of anilines is 8. The number of benzene rings is 9. The molecule has 0 fully saturated rings. The molecule has 0 amide bonds. The van der Waals surface area contributed by atoms with Crippen LogP contribution in [0.15, 0.2) is 192 Å². The van der Waals surface area contributed by atoms with Crippen LogP contribution in [0.1, 0.15) is 131 Å². The van der Waals surface area contributed by atoms with E-state index in [4.69, 9.17) is 4.42 Å². The molecule has 1 aliphatic carbocycles. The normalized spacial score (nSPS) is 15.4. The maximum Gasteiger partial charge on any atom is 0.337 e. The van der Waals surface area contributed by atoms with Crippen molar-refractivity contribution in [1.29, 1.82) is 0 Å². The van der Waals surface area contributed by atoms with Gasteiger partial charge in [-0.15, -0.1) is 0 Å². The van der Waals surface area contributed by atoms with Gasteiger partial charge in [-0.05, 0) is 168 Å². The summed E-state index contributed by atoms with van der Waals surface area (Å²) >= 11 is 0. The fraction of sp³-hybridized carbons (Fsp3) is 0.270. The number of furan rings is 1. The molecule has 3 aliphatic rings. The smallest absolute Gasteiger partial charge is 0.337 e. The summed E-state index contributed by atoms with van der Waals surface area (Å²) in [6.07, 6.45) is 2.28. The summed E-state index contributed by atoms with van der Waals surface area (Å²) in [6, 6.07) is 71.6. The van der Waals surface area contributed by atoms with Gasteiger partial charge in [-0.2, -0.15) is 0 Å². The summed E-state index contributed by atoms with van der Waals surface area (Å²) < 4.78 is 7.47. The Morgan fingerprint density at radius 1 is 0.456 bits per heavy atom. The Kier molecular flexibility index (Phi) is 11.5. The molecule has 79 heavy (non-hydrogen) atoms. The van der Waals surface area contributed by atoms with E-state index in [9.17, 15) is 0 Å². The van der Waals surface area contributed by atoms with Crippen molar-refractivity contribution in [2.75, 3.05) is 14.6 Å². The number of hydrogen-bond acceptors (Lipinski definition) is 4. The highest BCUT2D eigenvalue weighted by Gasteiger charge is 2.50. The van der Waals surface area contributed by atoms with E-state index in [1.165, 1.54) is 77.5 Å². The third kappa shape index (κ3) is 8.32. The zero-order chi connectivity index (χ0) is 55.1. The SMILES string of the molecule is CC(C)(C)c1ccc(N(c2ccc(C(C)(C)C)cc2)c2ccc3c(c2)N(c2ccc4c(c2)C(C)(C)CCC4(C)C)B2c4c(cc5ccccc5c4-3)N(c3ccc(C(C)(C)C)cc3-c3ccccc3)c3oc4ccccc4c32)cc1. The summed E-state index contributed by atoms with van der Waals surface area (Å²) in [5, 5.41) is 3.55. The van der Waals surface area contributed by atoms with Crippen LogP contribution in [0.5, 0.6) is 0 Å². The van der Waals surface area contributed by atoms with E-state index in [0.717, 1.165) is 63.8 Å². The van der Waals surface area contributed by atoms with Crippen molar-refractivity contribution in [2.45, 2.75) is 130 Å². The van der Waals surface area contributed by atoms with Gasteiger partial charge >= 0.3 is 6.85 Å². The summed E-state index contributed by atoms with van der Waals surface area (Å²) in [6.45, 7) is 30.2. The minimum Gasteiger partial charge on any atom is -0.440 e. The number of rotatable bonds is 6. The molecule has 2 aliphatic heterocycles. The second-order valence-corrected chi connectivity index (χ2v) is 27.3. The minimum atomic E-state index is -0.273. The molecule has 0 atom stereocenters. The van der Waals surface area contributed by atoms with Gasteiger partial charge < -0.3 is 14.1 Å². The first kappa shape index (κ1) is 50.7. The lowest BCUT2D eigenvalue weighted by molar-refractivity contribution is 0.332. The van der Waals surface area contributed by atoms with Crippen molar-refractivity contribution in [3.8, 4) is 22.3 Å². The topological polar surface area (TPSA) is 22.9 Å². The Labute approximate surface area is 469 Å². The van der Waals surface area contributed by atoms with Crippen molar-refractivity contribution in [3.63, 3.8) is 0 Å². The van der Waals surface area contributed by atoms with Crippen molar-refractivity contribution >= 4 is 85.2 Å². The molecule has 0 radical (unpaired) electrons. The molecule has 0 spiro atoms. The Morgan fingerprint density at radius 2 is 1.03 bits per heavy atom. The summed E-state index contributed by atoms with van der Waals surface area (Å²) in [5.74, 6) is 0.851. The Balaban J connectivity index is 1.15. The van der Waals surface area contributed by atoms with Crippen molar-refractivity contribution in [2.24, 2.45) is 0 Å². The van der Waals surface area contributed by atoms with E-state index in [1.807, 2.05) is 0 Å².